The zero-order valence-electron chi connectivity index (χ0n) is 23.6. The number of ether oxygens (including phenoxy) is 2. The summed E-state index contributed by atoms with van der Waals surface area (Å²) in [6.07, 6.45) is -0.222. The molecule has 0 saturated carbocycles. The first-order chi connectivity index (χ1) is 21.4. The molecule has 0 saturated heterocycles. The summed E-state index contributed by atoms with van der Waals surface area (Å²) < 4.78 is 13.0. The second-order valence-corrected chi connectivity index (χ2v) is 11.4. The summed E-state index contributed by atoms with van der Waals surface area (Å²) in [5.74, 6) is 0.567. The average molecular weight is 675 g/mol. The van der Waals surface area contributed by atoms with Crippen molar-refractivity contribution < 1.29 is 19.4 Å². The van der Waals surface area contributed by atoms with Crippen molar-refractivity contribution in [1.29, 1.82) is 0 Å². The van der Waals surface area contributed by atoms with Gasteiger partial charge >= 0.3 is 0 Å². The van der Waals surface area contributed by atoms with E-state index in [0.29, 0.717) is 40.6 Å². The first-order valence-corrected chi connectivity index (χ1v) is 15.1. The number of nitrogens with one attached hydrogen (secondary N) is 1. The highest BCUT2D eigenvalue weighted by Gasteiger charge is 2.54. The van der Waals surface area contributed by atoms with Crippen LogP contribution in [0, 0.1) is 0 Å². The number of aliphatic hydroxyl groups excluding tert-OH is 1. The predicted molar refractivity (Wildman–Crippen MR) is 173 cm³/mol. The standard InChI is InChI=1S/C33H29BrClN5O4/c34-28-8-3-2-7-27(28)30-33(20-24-6-1-4-9-29(24)39-40-36,32(42)37-21-22-10-14-25(35)15-11-22)38-31(44-30)23-12-16-26(17-13-23)43-19-5-18-41/h1-4,6-17,30,41H,5,18-21H2,(H,37,42)/t30-,33-/m1/s1. The van der Waals surface area contributed by atoms with E-state index in [1.807, 2.05) is 60.7 Å². The van der Waals surface area contributed by atoms with Crippen LogP contribution in [-0.4, -0.2) is 35.7 Å². The quantitative estimate of drug-likeness (QED) is 0.0693. The molecule has 2 atom stereocenters. The van der Waals surface area contributed by atoms with Gasteiger partial charge in [-0.2, -0.15) is 0 Å². The van der Waals surface area contributed by atoms with Crippen LogP contribution in [0.1, 0.15) is 34.8 Å². The second-order valence-electron chi connectivity index (χ2n) is 10.1. The van der Waals surface area contributed by atoms with Gasteiger partial charge in [0.15, 0.2) is 11.6 Å². The Kier molecular flexibility index (Phi) is 10.2. The average Bonchev–Trinajstić information content (AvgIpc) is 3.42. The number of halogens is 2. The fourth-order valence-corrected chi connectivity index (χ4v) is 5.60. The molecule has 0 aromatic heterocycles. The van der Waals surface area contributed by atoms with Gasteiger partial charge in [-0.05, 0) is 59.1 Å². The van der Waals surface area contributed by atoms with Gasteiger partial charge in [0.2, 0.25) is 5.90 Å². The summed E-state index contributed by atoms with van der Waals surface area (Å²) in [4.78, 5) is 22.5. The van der Waals surface area contributed by atoms with Gasteiger partial charge in [-0.1, -0.05) is 87.2 Å². The molecule has 0 aliphatic carbocycles. The van der Waals surface area contributed by atoms with Gasteiger partial charge in [0, 0.05) is 57.2 Å². The first kappa shape index (κ1) is 31.1. The Morgan fingerprint density at radius 2 is 1.80 bits per heavy atom. The molecule has 9 nitrogen and oxygen atoms in total. The van der Waals surface area contributed by atoms with Gasteiger partial charge in [-0.15, -0.1) is 0 Å². The molecule has 4 aromatic carbocycles. The highest BCUT2D eigenvalue weighted by Crippen LogP contribution is 2.45. The van der Waals surface area contributed by atoms with Gasteiger partial charge in [-0.25, -0.2) is 4.99 Å². The molecule has 0 fully saturated rings. The first-order valence-electron chi connectivity index (χ1n) is 13.9. The topological polar surface area (TPSA) is 129 Å². The van der Waals surface area contributed by atoms with Crippen LogP contribution in [0.5, 0.6) is 5.75 Å². The highest BCUT2D eigenvalue weighted by atomic mass is 79.9. The second kappa shape index (κ2) is 14.4. The third-order valence-corrected chi connectivity index (χ3v) is 8.16. The summed E-state index contributed by atoms with van der Waals surface area (Å²) in [7, 11) is 0. The number of carbonyl (C=O) groups is 1. The van der Waals surface area contributed by atoms with Gasteiger partial charge in [-0.3, -0.25) is 4.79 Å². The Morgan fingerprint density at radius 3 is 2.52 bits per heavy atom. The molecule has 1 amide bonds. The van der Waals surface area contributed by atoms with E-state index in [-0.39, 0.29) is 31.4 Å². The molecule has 1 aliphatic rings. The van der Waals surface area contributed by atoms with Crippen molar-refractivity contribution in [1.82, 2.24) is 5.32 Å². The van der Waals surface area contributed by atoms with E-state index >= 15 is 0 Å². The summed E-state index contributed by atoms with van der Waals surface area (Å²) in [6, 6.07) is 29.1. The SMILES string of the molecule is [N-]=[N+]=Nc1ccccc1C[C@@]1(C(=O)NCc2ccc(Cl)cc2)N=C(c2ccc(OCCCO)cc2)O[C@@H]1c1ccccc1Br. The summed E-state index contributed by atoms with van der Waals surface area (Å²) in [5.41, 5.74) is 11.1. The number of hydrogen-bond acceptors (Lipinski definition) is 6. The maximum atomic E-state index is 14.5. The number of nitrogens with zero attached hydrogens (tertiary/aromatic N) is 4. The van der Waals surface area contributed by atoms with Crippen LogP contribution in [0.25, 0.3) is 10.4 Å². The minimum Gasteiger partial charge on any atom is -0.494 e. The predicted octanol–water partition coefficient (Wildman–Crippen LogP) is 7.62. The number of aliphatic imine (C=N–C) groups is 1. The Balaban J connectivity index is 1.60. The fraction of sp³-hybridized carbons (Fsp3) is 0.212. The maximum Gasteiger partial charge on any atom is 0.252 e. The van der Waals surface area contributed by atoms with Crippen molar-refractivity contribution in [3.05, 3.63) is 139 Å². The minimum atomic E-state index is -1.48. The molecule has 0 radical (unpaired) electrons. The van der Waals surface area contributed by atoms with E-state index in [9.17, 15) is 10.3 Å². The Hall–Kier alpha value is -4.34. The van der Waals surface area contributed by atoms with E-state index in [1.165, 1.54) is 0 Å². The van der Waals surface area contributed by atoms with Crippen molar-refractivity contribution in [3.8, 4) is 5.75 Å². The van der Waals surface area contributed by atoms with Crippen LogP contribution < -0.4 is 10.1 Å². The molecule has 2 N–H and O–H groups in total. The number of aliphatic hydroxyl groups is 1. The highest BCUT2D eigenvalue weighted by molar-refractivity contribution is 9.10. The molecule has 5 rings (SSSR count). The molecule has 224 valence electrons. The molecule has 1 aliphatic heterocycles. The molecule has 11 heteroatoms. The lowest BCUT2D eigenvalue weighted by atomic mass is 9.81. The molecule has 0 unspecified atom stereocenters. The molecular weight excluding hydrogens is 646 g/mol. The van der Waals surface area contributed by atoms with E-state index in [0.717, 1.165) is 15.6 Å². The van der Waals surface area contributed by atoms with Gasteiger partial charge < -0.3 is 19.9 Å². The maximum absolute atomic E-state index is 14.5. The van der Waals surface area contributed by atoms with E-state index in [4.69, 9.17) is 31.2 Å². The van der Waals surface area contributed by atoms with Crippen LogP contribution in [0.2, 0.25) is 5.02 Å². The van der Waals surface area contributed by atoms with Crippen LogP contribution in [0.3, 0.4) is 0 Å². The van der Waals surface area contributed by atoms with Crippen molar-refractivity contribution >= 4 is 45.0 Å². The third kappa shape index (κ3) is 7.06. The molecule has 44 heavy (non-hydrogen) atoms. The normalized spacial score (nSPS) is 17.2. The van der Waals surface area contributed by atoms with E-state index < -0.39 is 11.6 Å². The molecule has 0 spiro atoms. The number of benzene rings is 4. The van der Waals surface area contributed by atoms with Crippen LogP contribution in [0.15, 0.2) is 112 Å². The van der Waals surface area contributed by atoms with Gasteiger partial charge in [0.25, 0.3) is 5.91 Å². The largest absolute Gasteiger partial charge is 0.494 e. The van der Waals surface area contributed by atoms with Crippen molar-refractivity contribution in [2.75, 3.05) is 13.2 Å². The van der Waals surface area contributed by atoms with Crippen LogP contribution in [-0.2, 0) is 22.5 Å². The Bertz CT molecular complexity index is 1690. The summed E-state index contributed by atoms with van der Waals surface area (Å²) in [5, 5.41) is 16.6. The minimum absolute atomic E-state index is 0.0458. The van der Waals surface area contributed by atoms with Crippen molar-refractivity contribution in [2.24, 2.45) is 10.1 Å². The number of carbonyl (C=O) groups excluding carboxylic acids is 1. The number of azide groups is 1. The Labute approximate surface area is 268 Å². The summed E-state index contributed by atoms with van der Waals surface area (Å²) >= 11 is 9.72. The number of amides is 1. The van der Waals surface area contributed by atoms with Crippen LogP contribution in [0.4, 0.5) is 5.69 Å². The number of hydrogen-bond donors (Lipinski definition) is 2. The molecular formula is C33H29BrClN5O4. The fourth-order valence-electron chi connectivity index (χ4n) is 4.98. The third-order valence-electron chi connectivity index (χ3n) is 7.19. The molecule has 4 aromatic rings. The molecule has 1 heterocycles. The van der Waals surface area contributed by atoms with Crippen molar-refractivity contribution in [2.45, 2.75) is 31.0 Å². The lowest BCUT2D eigenvalue weighted by molar-refractivity contribution is -0.129. The monoisotopic (exact) mass is 673 g/mol. The zero-order valence-corrected chi connectivity index (χ0v) is 25.9. The summed E-state index contributed by atoms with van der Waals surface area (Å²) in [6.45, 7) is 0.673. The van der Waals surface area contributed by atoms with Gasteiger partial charge in [0.05, 0.1) is 6.61 Å². The van der Waals surface area contributed by atoms with E-state index in [1.54, 1.807) is 36.4 Å². The van der Waals surface area contributed by atoms with Gasteiger partial charge in [0.1, 0.15) is 5.75 Å². The number of rotatable bonds is 12. The van der Waals surface area contributed by atoms with Crippen LogP contribution >= 0.6 is 27.5 Å². The Morgan fingerprint density at radius 1 is 1.07 bits per heavy atom. The lowest BCUT2D eigenvalue weighted by Crippen LogP contribution is -2.49. The smallest absolute Gasteiger partial charge is 0.252 e. The molecule has 0 bridgehead atoms. The lowest BCUT2D eigenvalue weighted by Gasteiger charge is -2.31. The van der Waals surface area contributed by atoms with Crippen molar-refractivity contribution in [3.63, 3.8) is 0 Å². The zero-order chi connectivity index (χ0) is 30.9. The van der Waals surface area contributed by atoms with E-state index in [2.05, 4.69) is 31.3 Å².